The van der Waals surface area contributed by atoms with Crippen molar-refractivity contribution >= 4 is 33.7 Å². The van der Waals surface area contributed by atoms with E-state index < -0.39 is 29.4 Å². The Labute approximate surface area is 210 Å². The van der Waals surface area contributed by atoms with Gasteiger partial charge in [-0.25, -0.2) is 0 Å². The van der Waals surface area contributed by atoms with Crippen molar-refractivity contribution in [3.05, 3.63) is 108 Å². The van der Waals surface area contributed by atoms with Gasteiger partial charge in [0.15, 0.2) is 5.78 Å². The Hall–Kier alpha value is -4.39. The van der Waals surface area contributed by atoms with E-state index in [0.29, 0.717) is 5.56 Å². The van der Waals surface area contributed by atoms with Crippen molar-refractivity contribution in [2.45, 2.75) is 19.0 Å². The van der Waals surface area contributed by atoms with Gasteiger partial charge in [0.05, 0.1) is 11.5 Å². The van der Waals surface area contributed by atoms with Crippen molar-refractivity contribution in [1.29, 1.82) is 0 Å². The molecule has 0 amide bonds. The van der Waals surface area contributed by atoms with Crippen LogP contribution in [0, 0.1) is 5.92 Å². The summed E-state index contributed by atoms with van der Waals surface area (Å²) < 4.78 is 45.1. The summed E-state index contributed by atoms with van der Waals surface area (Å²) in [7, 11) is 0. The third-order valence-corrected chi connectivity index (χ3v) is 6.44. The molecule has 0 bridgehead atoms. The number of carbonyl (C=O) groups is 2. The van der Waals surface area contributed by atoms with Gasteiger partial charge in [-0.05, 0) is 29.7 Å². The molecule has 1 aromatic heterocycles. The van der Waals surface area contributed by atoms with Crippen LogP contribution in [0.3, 0.4) is 0 Å². The van der Waals surface area contributed by atoms with Crippen LogP contribution in [-0.2, 0) is 17.4 Å². The number of carbonyl (C=O) groups excluding carboxylic acids is 1. The van der Waals surface area contributed by atoms with Crippen LogP contribution in [0.25, 0.3) is 33.1 Å². The third kappa shape index (κ3) is 4.98. The number of carboxylic acids is 1. The number of alkyl halides is 3. The first-order valence-corrected chi connectivity index (χ1v) is 11.6. The number of aliphatic carboxylic acids is 1. The quantitative estimate of drug-likeness (QED) is 0.231. The molecular formula is C30H21F3O4. The van der Waals surface area contributed by atoms with Gasteiger partial charge in [0.25, 0.3) is 0 Å². The Morgan fingerprint density at radius 1 is 0.838 bits per heavy atom. The number of halogens is 3. The first kappa shape index (κ1) is 24.3. The van der Waals surface area contributed by atoms with Crippen molar-refractivity contribution in [2.75, 3.05) is 0 Å². The smallest absolute Gasteiger partial charge is 0.416 e. The first-order valence-electron chi connectivity index (χ1n) is 11.6. The number of hydrogen-bond acceptors (Lipinski definition) is 3. The van der Waals surface area contributed by atoms with Gasteiger partial charge in [0.2, 0.25) is 0 Å². The average molecular weight is 502 g/mol. The summed E-state index contributed by atoms with van der Waals surface area (Å²) in [6.07, 6.45) is -5.04. The van der Waals surface area contributed by atoms with Gasteiger partial charge in [-0.3, -0.25) is 9.59 Å². The van der Waals surface area contributed by atoms with E-state index in [1.165, 1.54) is 12.1 Å². The highest BCUT2D eigenvalue weighted by Crippen LogP contribution is 2.36. The van der Waals surface area contributed by atoms with Crippen molar-refractivity contribution in [3.8, 4) is 11.1 Å². The predicted octanol–water partition coefficient (Wildman–Crippen LogP) is 7.79. The van der Waals surface area contributed by atoms with Crippen LogP contribution in [0.15, 0.2) is 95.4 Å². The minimum absolute atomic E-state index is 0.183. The fourth-order valence-corrected chi connectivity index (χ4v) is 4.56. The van der Waals surface area contributed by atoms with E-state index in [2.05, 4.69) is 0 Å². The highest BCUT2D eigenvalue weighted by atomic mass is 19.4. The molecule has 1 N–H and O–H groups in total. The SMILES string of the molecule is O=C(CC(Cc1cccc(C(F)(F)F)c1)C(=O)O)c1ccc(-c2cccc3c2oc2ccccc23)cc1. The zero-order valence-corrected chi connectivity index (χ0v) is 19.5. The second-order valence-electron chi connectivity index (χ2n) is 8.92. The molecule has 1 heterocycles. The zero-order chi connectivity index (χ0) is 26.2. The number of carboxylic acid groups (broad SMARTS) is 1. The molecule has 186 valence electrons. The summed E-state index contributed by atoms with van der Waals surface area (Å²) in [5, 5.41) is 11.6. The highest BCUT2D eigenvalue weighted by Gasteiger charge is 2.31. The minimum Gasteiger partial charge on any atom is -0.481 e. The number of furan rings is 1. The van der Waals surface area contributed by atoms with Crippen LogP contribution in [0.5, 0.6) is 0 Å². The van der Waals surface area contributed by atoms with Crippen LogP contribution >= 0.6 is 0 Å². The Morgan fingerprint density at radius 2 is 1.54 bits per heavy atom. The molecule has 0 saturated heterocycles. The Kier molecular flexibility index (Phi) is 6.29. The largest absolute Gasteiger partial charge is 0.481 e. The summed E-state index contributed by atoms with van der Waals surface area (Å²) >= 11 is 0. The molecule has 0 aliphatic carbocycles. The van der Waals surface area contributed by atoms with Gasteiger partial charge in [-0.15, -0.1) is 0 Å². The molecule has 0 spiro atoms. The second kappa shape index (κ2) is 9.58. The van der Waals surface area contributed by atoms with Gasteiger partial charge in [-0.2, -0.15) is 13.2 Å². The van der Waals surface area contributed by atoms with Crippen molar-refractivity contribution in [1.82, 2.24) is 0 Å². The number of para-hydroxylation sites is 2. The van der Waals surface area contributed by atoms with E-state index in [0.717, 1.165) is 45.2 Å². The average Bonchev–Trinajstić information content (AvgIpc) is 3.27. The van der Waals surface area contributed by atoms with Gasteiger partial charge in [0.1, 0.15) is 11.2 Å². The van der Waals surface area contributed by atoms with E-state index in [-0.39, 0.29) is 18.4 Å². The lowest BCUT2D eigenvalue weighted by atomic mass is 9.91. The molecule has 1 atom stereocenters. The molecule has 0 saturated carbocycles. The zero-order valence-electron chi connectivity index (χ0n) is 19.5. The molecule has 1 unspecified atom stereocenters. The second-order valence-corrected chi connectivity index (χ2v) is 8.92. The van der Waals surface area contributed by atoms with Gasteiger partial charge in [-0.1, -0.05) is 78.9 Å². The predicted molar refractivity (Wildman–Crippen MR) is 134 cm³/mol. The molecule has 0 aliphatic heterocycles. The lowest BCUT2D eigenvalue weighted by Crippen LogP contribution is -2.20. The fourth-order valence-electron chi connectivity index (χ4n) is 4.56. The van der Waals surface area contributed by atoms with Crippen LogP contribution < -0.4 is 0 Å². The number of Topliss-reactive ketones (excluding diaryl/α,β-unsaturated/α-hetero) is 1. The first-order chi connectivity index (χ1) is 17.7. The molecule has 37 heavy (non-hydrogen) atoms. The number of benzene rings is 4. The molecule has 4 nitrogen and oxygen atoms in total. The Balaban J connectivity index is 1.36. The van der Waals surface area contributed by atoms with E-state index in [4.69, 9.17) is 4.42 Å². The molecule has 0 radical (unpaired) electrons. The van der Waals surface area contributed by atoms with Gasteiger partial charge < -0.3 is 9.52 Å². The van der Waals surface area contributed by atoms with Gasteiger partial charge >= 0.3 is 12.1 Å². The maximum Gasteiger partial charge on any atom is 0.416 e. The lowest BCUT2D eigenvalue weighted by molar-refractivity contribution is -0.141. The molecule has 5 aromatic rings. The van der Waals surface area contributed by atoms with Crippen molar-refractivity contribution < 1.29 is 32.3 Å². The Bertz CT molecular complexity index is 1610. The topological polar surface area (TPSA) is 67.5 Å². The molecular weight excluding hydrogens is 481 g/mol. The van der Waals surface area contributed by atoms with E-state index >= 15 is 0 Å². The van der Waals surface area contributed by atoms with Crippen LogP contribution in [-0.4, -0.2) is 16.9 Å². The molecule has 5 rings (SSSR count). The molecule has 7 heteroatoms. The number of fused-ring (bicyclic) bond motifs is 3. The third-order valence-electron chi connectivity index (χ3n) is 6.44. The Morgan fingerprint density at radius 3 is 2.27 bits per heavy atom. The number of rotatable bonds is 7. The monoisotopic (exact) mass is 502 g/mol. The summed E-state index contributed by atoms with van der Waals surface area (Å²) in [6.45, 7) is 0. The maximum absolute atomic E-state index is 13.0. The maximum atomic E-state index is 13.0. The molecule has 0 fully saturated rings. The van der Waals surface area contributed by atoms with Crippen LogP contribution in [0.2, 0.25) is 0 Å². The number of hydrogen-bond donors (Lipinski definition) is 1. The summed E-state index contributed by atoms with van der Waals surface area (Å²) in [5.74, 6) is -2.79. The van der Waals surface area contributed by atoms with E-state index in [1.807, 2.05) is 42.5 Å². The van der Waals surface area contributed by atoms with Crippen LogP contribution in [0.4, 0.5) is 13.2 Å². The summed E-state index contributed by atoms with van der Waals surface area (Å²) in [4.78, 5) is 24.7. The normalized spacial score (nSPS) is 12.6. The number of ketones is 1. The van der Waals surface area contributed by atoms with E-state index in [1.54, 1.807) is 24.3 Å². The molecule has 4 aromatic carbocycles. The molecule has 0 aliphatic rings. The standard InChI is InChI=1S/C30H21F3O4/c31-30(32,33)22-6-3-5-18(16-22)15-21(29(35)36)17-26(34)20-13-11-19(12-14-20)23-8-4-9-25-24-7-1-2-10-27(24)37-28(23)25/h1-14,16,21H,15,17H2,(H,35,36). The van der Waals surface area contributed by atoms with Crippen molar-refractivity contribution in [3.63, 3.8) is 0 Å². The van der Waals surface area contributed by atoms with Gasteiger partial charge in [0, 0.05) is 28.3 Å². The highest BCUT2D eigenvalue weighted by molar-refractivity contribution is 6.09. The van der Waals surface area contributed by atoms with E-state index in [9.17, 15) is 27.9 Å². The minimum atomic E-state index is -4.53. The van der Waals surface area contributed by atoms with Crippen molar-refractivity contribution in [2.24, 2.45) is 5.92 Å². The fraction of sp³-hybridized carbons (Fsp3) is 0.133. The lowest BCUT2D eigenvalue weighted by Gasteiger charge is -2.14. The summed E-state index contributed by atoms with van der Waals surface area (Å²) in [6, 6.07) is 24.9. The summed E-state index contributed by atoms with van der Waals surface area (Å²) in [5.41, 5.74) is 2.89. The van der Waals surface area contributed by atoms with Crippen LogP contribution in [0.1, 0.15) is 27.9 Å².